The average Bonchev–Trinajstić information content (AvgIpc) is 2.57. The molecule has 0 radical (unpaired) electrons. The van der Waals surface area contributed by atoms with Crippen LogP contribution in [0.2, 0.25) is 0 Å². The standard InChI is InChI=1S/C17H18BrN3O/c18-16-4-2-15(3-5-16)17-6-1-14(11-19-17)12-20-7-9-21(13-22)10-8-20/h1-6,11,13H,7-10,12H2. The number of nitrogens with zero attached hydrogens (tertiary/aromatic N) is 3. The molecule has 114 valence electrons. The van der Waals surface area contributed by atoms with Crippen LogP contribution in [0.5, 0.6) is 0 Å². The van der Waals surface area contributed by atoms with E-state index in [0.717, 1.165) is 54.9 Å². The van der Waals surface area contributed by atoms with Gasteiger partial charge in [0.05, 0.1) is 5.69 Å². The van der Waals surface area contributed by atoms with Crippen LogP contribution in [0.4, 0.5) is 0 Å². The number of benzene rings is 1. The van der Waals surface area contributed by atoms with Crippen LogP contribution in [0, 0.1) is 0 Å². The molecule has 1 amide bonds. The van der Waals surface area contributed by atoms with Crippen LogP contribution >= 0.6 is 15.9 Å². The van der Waals surface area contributed by atoms with E-state index >= 15 is 0 Å². The fourth-order valence-electron chi connectivity index (χ4n) is 2.59. The number of hydrogen-bond donors (Lipinski definition) is 0. The van der Waals surface area contributed by atoms with Gasteiger partial charge in [-0.05, 0) is 23.8 Å². The van der Waals surface area contributed by atoms with Crippen LogP contribution < -0.4 is 0 Å². The number of rotatable bonds is 4. The minimum absolute atomic E-state index is 0.813. The molecule has 2 heterocycles. The molecular weight excluding hydrogens is 342 g/mol. The molecule has 1 aromatic heterocycles. The topological polar surface area (TPSA) is 36.4 Å². The van der Waals surface area contributed by atoms with Crippen LogP contribution in [0.3, 0.4) is 0 Å². The number of amides is 1. The van der Waals surface area contributed by atoms with Crippen molar-refractivity contribution in [3.05, 3.63) is 52.6 Å². The Morgan fingerprint density at radius 1 is 1.05 bits per heavy atom. The molecule has 1 fully saturated rings. The van der Waals surface area contributed by atoms with Gasteiger partial charge in [0, 0.05) is 49.0 Å². The summed E-state index contributed by atoms with van der Waals surface area (Å²) in [7, 11) is 0. The maximum Gasteiger partial charge on any atom is 0.209 e. The fourth-order valence-corrected chi connectivity index (χ4v) is 2.86. The van der Waals surface area contributed by atoms with E-state index in [1.165, 1.54) is 5.56 Å². The first-order valence-corrected chi connectivity index (χ1v) is 8.16. The lowest BCUT2D eigenvalue weighted by Gasteiger charge is -2.32. The molecule has 0 atom stereocenters. The number of halogens is 1. The second-order valence-corrected chi connectivity index (χ2v) is 6.39. The van der Waals surface area contributed by atoms with Crippen LogP contribution in [-0.4, -0.2) is 47.4 Å². The molecule has 3 rings (SSSR count). The normalized spacial score (nSPS) is 15.8. The molecule has 1 aliphatic rings. The zero-order valence-electron chi connectivity index (χ0n) is 12.3. The lowest BCUT2D eigenvalue weighted by atomic mass is 10.1. The highest BCUT2D eigenvalue weighted by Crippen LogP contribution is 2.20. The van der Waals surface area contributed by atoms with Crippen molar-refractivity contribution in [1.82, 2.24) is 14.8 Å². The Labute approximate surface area is 138 Å². The number of hydrogen-bond acceptors (Lipinski definition) is 3. The number of aromatic nitrogens is 1. The van der Waals surface area contributed by atoms with Gasteiger partial charge in [0.15, 0.2) is 0 Å². The number of carbonyl (C=O) groups excluding carboxylic acids is 1. The predicted molar refractivity (Wildman–Crippen MR) is 90.3 cm³/mol. The highest BCUT2D eigenvalue weighted by Gasteiger charge is 2.15. The summed E-state index contributed by atoms with van der Waals surface area (Å²) in [5, 5.41) is 0. The van der Waals surface area contributed by atoms with Crippen LogP contribution in [0.25, 0.3) is 11.3 Å². The van der Waals surface area contributed by atoms with Gasteiger partial charge in [-0.3, -0.25) is 14.7 Å². The Balaban J connectivity index is 1.62. The van der Waals surface area contributed by atoms with Crippen LogP contribution in [0.1, 0.15) is 5.56 Å². The van der Waals surface area contributed by atoms with Crippen LogP contribution in [0.15, 0.2) is 47.1 Å². The van der Waals surface area contributed by atoms with Crippen molar-refractivity contribution >= 4 is 22.3 Å². The monoisotopic (exact) mass is 359 g/mol. The van der Waals surface area contributed by atoms with Crippen molar-refractivity contribution in [2.24, 2.45) is 0 Å². The Morgan fingerprint density at radius 3 is 2.36 bits per heavy atom. The van der Waals surface area contributed by atoms with Gasteiger partial charge in [0.1, 0.15) is 0 Å². The maximum absolute atomic E-state index is 10.7. The van der Waals surface area contributed by atoms with Gasteiger partial charge in [0.2, 0.25) is 6.41 Å². The molecule has 1 aliphatic heterocycles. The smallest absolute Gasteiger partial charge is 0.209 e. The third kappa shape index (κ3) is 3.72. The molecule has 0 spiro atoms. The Morgan fingerprint density at radius 2 is 1.77 bits per heavy atom. The second-order valence-electron chi connectivity index (χ2n) is 5.48. The number of piperazine rings is 1. The average molecular weight is 360 g/mol. The van der Waals surface area contributed by atoms with Crippen LogP contribution in [-0.2, 0) is 11.3 Å². The summed E-state index contributed by atoms with van der Waals surface area (Å²) in [5.74, 6) is 0. The van der Waals surface area contributed by atoms with Crippen molar-refractivity contribution in [3.8, 4) is 11.3 Å². The zero-order valence-corrected chi connectivity index (χ0v) is 13.9. The summed E-state index contributed by atoms with van der Waals surface area (Å²) >= 11 is 3.44. The van der Waals surface area contributed by atoms with E-state index in [2.05, 4.69) is 50.1 Å². The molecule has 0 aliphatic carbocycles. The SMILES string of the molecule is O=CN1CCN(Cc2ccc(-c3ccc(Br)cc3)nc2)CC1. The van der Waals surface area contributed by atoms with Crippen molar-refractivity contribution < 1.29 is 4.79 Å². The molecule has 0 N–H and O–H groups in total. The fraction of sp³-hybridized carbons (Fsp3) is 0.294. The molecule has 1 aromatic carbocycles. The summed E-state index contributed by atoms with van der Waals surface area (Å²) in [5.41, 5.74) is 3.32. The molecule has 0 unspecified atom stereocenters. The quantitative estimate of drug-likeness (QED) is 0.787. The lowest BCUT2D eigenvalue weighted by molar-refractivity contribution is -0.119. The van der Waals surface area contributed by atoms with Crippen molar-refractivity contribution in [2.45, 2.75) is 6.54 Å². The third-order valence-corrected chi connectivity index (χ3v) is 4.46. The highest BCUT2D eigenvalue weighted by atomic mass is 79.9. The summed E-state index contributed by atoms with van der Waals surface area (Å²) < 4.78 is 1.07. The first kappa shape index (κ1) is 15.2. The predicted octanol–water partition coefficient (Wildman–Crippen LogP) is 2.79. The first-order chi connectivity index (χ1) is 10.7. The van der Waals surface area contributed by atoms with Gasteiger partial charge in [-0.25, -0.2) is 0 Å². The zero-order chi connectivity index (χ0) is 15.4. The summed E-state index contributed by atoms with van der Waals surface area (Å²) in [6, 6.07) is 12.4. The Bertz CT molecular complexity index is 619. The summed E-state index contributed by atoms with van der Waals surface area (Å²) in [6.07, 6.45) is 2.88. The number of carbonyl (C=O) groups is 1. The molecular formula is C17H18BrN3O. The van der Waals surface area contributed by atoms with Crippen molar-refractivity contribution in [2.75, 3.05) is 26.2 Å². The molecule has 0 bridgehead atoms. The largest absolute Gasteiger partial charge is 0.343 e. The second kappa shape index (κ2) is 7.03. The van der Waals surface area contributed by atoms with E-state index in [9.17, 15) is 4.79 Å². The van der Waals surface area contributed by atoms with E-state index in [4.69, 9.17) is 0 Å². The van der Waals surface area contributed by atoms with E-state index in [-0.39, 0.29) is 0 Å². The van der Waals surface area contributed by atoms with E-state index in [1.54, 1.807) is 0 Å². The van der Waals surface area contributed by atoms with Gasteiger partial charge in [0.25, 0.3) is 0 Å². The lowest BCUT2D eigenvalue weighted by Crippen LogP contribution is -2.45. The molecule has 4 nitrogen and oxygen atoms in total. The molecule has 2 aromatic rings. The Hall–Kier alpha value is -1.72. The van der Waals surface area contributed by atoms with Gasteiger partial charge in [-0.15, -0.1) is 0 Å². The van der Waals surface area contributed by atoms with Crippen molar-refractivity contribution in [3.63, 3.8) is 0 Å². The molecule has 22 heavy (non-hydrogen) atoms. The summed E-state index contributed by atoms with van der Waals surface area (Å²) in [4.78, 5) is 19.5. The molecule has 5 heteroatoms. The molecule has 1 saturated heterocycles. The number of pyridine rings is 1. The minimum Gasteiger partial charge on any atom is -0.343 e. The summed E-state index contributed by atoms with van der Waals surface area (Å²) in [6.45, 7) is 4.36. The van der Waals surface area contributed by atoms with E-state index < -0.39 is 0 Å². The van der Waals surface area contributed by atoms with Gasteiger partial charge >= 0.3 is 0 Å². The van der Waals surface area contributed by atoms with Gasteiger partial charge in [-0.1, -0.05) is 34.1 Å². The third-order valence-electron chi connectivity index (χ3n) is 3.93. The highest BCUT2D eigenvalue weighted by molar-refractivity contribution is 9.10. The maximum atomic E-state index is 10.7. The minimum atomic E-state index is 0.813. The van der Waals surface area contributed by atoms with Crippen molar-refractivity contribution in [1.29, 1.82) is 0 Å². The van der Waals surface area contributed by atoms with E-state index in [0.29, 0.717) is 0 Å². The molecule has 0 saturated carbocycles. The first-order valence-electron chi connectivity index (χ1n) is 7.37. The van der Waals surface area contributed by atoms with Gasteiger partial charge in [-0.2, -0.15) is 0 Å². The van der Waals surface area contributed by atoms with E-state index in [1.807, 2.05) is 23.2 Å². The Kier molecular flexibility index (Phi) is 4.85. The van der Waals surface area contributed by atoms with Gasteiger partial charge < -0.3 is 4.90 Å².